The summed E-state index contributed by atoms with van der Waals surface area (Å²) in [5, 5.41) is 5.77. The SMILES string of the molecule is CCCc1ccc(-c2cccc3[cH-]c(CC45CC6CC(CC(C6)C4)C5)cc23)cc1.CCCc1ccc(-c2cccc3[cH-]c(CC45CC6CC(CC(C6)C4)C5)cc23)cc1.C[Si]CCC(F)(F)F.[Cl][Zr+2][Cl]. The summed E-state index contributed by atoms with van der Waals surface area (Å²) in [4.78, 5) is 0. The van der Waals surface area contributed by atoms with Gasteiger partial charge in [0.15, 0.2) is 0 Å². The number of halogens is 5. The van der Waals surface area contributed by atoms with E-state index >= 15 is 0 Å². The Hall–Kier alpha value is -2.43. The van der Waals surface area contributed by atoms with E-state index in [2.05, 4.69) is 123 Å². The average Bonchev–Trinajstić information content (AvgIpc) is 3.91. The summed E-state index contributed by atoms with van der Waals surface area (Å²) < 4.78 is 33.7. The summed E-state index contributed by atoms with van der Waals surface area (Å²) in [6.07, 6.45) is 21.1. The molecule has 0 atom stereocenters. The predicted molar refractivity (Wildman–Crippen MR) is 285 cm³/mol. The van der Waals surface area contributed by atoms with Gasteiger partial charge in [-0.2, -0.15) is 25.3 Å². The Morgan fingerprint density at radius 1 is 0.565 bits per heavy atom. The summed E-state index contributed by atoms with van der Waals surface area (Å²) in [5.74, 6) is 6.27. The molecule has 6 aromatic carbocycles. The first-order valence-electron chi connectivity index (χ1n) is 26.6. The maximum atomic E-state index is 11.2. The molecule has 0 spiro atoms. The first kappa shape index (κ1) is 51.5. The molecule has 0 nitrogen and oxygen atoms in total. The second-order valence-electron chi connectivity index (χ2n) is 23.0. The zero-order valence-electron chi connectivity index (χ0n) is 41.4. The normalized spacial score (nSPS) is 27.0. The van der Waals surface area contributed by atoms with Gasteiger partial charge in [-0.3, -0.25) is 0 Å². The molecule has 8 fully saturated rings. The summed E-state index contributed by atoms with van der Waals surface area (Å²) in [6.45, 7) is 6.28. The van der Waals surface area contributed by atoms with Crippen molar-refractivity contribution >= 4 is 48.1 Å². The number of rotatable bonds is 12. The molecule has 2 radical (unpaired) electrons. The molecular weight excluding hydrogens is 992 g/mol. The van der Waals surface area contributed by atoms with Crippen molar-refractivity contribution in [3.63, 3.8) is 0 Å². The molecule has 364 valence electrons. The van der Waals surface area contributed by atoms with Gasteiger partial charge in [-0.15, -0.1) is 69.1 Å². The minimum atomic E-state index is -3.94. The van der Waals surface area contributed by atoms with Crippen LogP contribution in [0.3, 0.4) is 0 Å². The van der Waals surface area contributed by atoms with Gasteiger partial charge in [-0.05, 0) is 171 Å². The van der Waals surface area contributed by atoms with Crippen LogP contribution in [0.4, 0.5) is 13.2 Å². The van der Waals surface area contributed by atoms with E-state index in [0.717, 1.165) is 35.5 Å². The Labute approximate surface area is 433 Å². The van der Waals surface area contributed by atoms with Crippen LogP contribution < -0.4 is 0 Å². The van der Waals surface area contributed by atoms with E-state index in [1.54, 1.807) is 56.2 Å². The molecule has 0 aliphatic heterocycles. The Kier molecular flexibility index (Phi) is 17.0. The van der Waals surface area contributed by atoms with Gasteiger partial charge < -0.3 is 0 Å². The van der Waals surface area contributed by atoms with Crippen molar-refractivity contribution in [3.8, 4) is 22.3 Å². The molecule has 0 amide bonds. The van der Waals surface area contributed by atoms with Crippen molar-refractivity contribution < 1.29 is 34.0 Å². The van der Waals surface area contributed by atoms with E-state index in [1.807, 2.05) is 0 Å². The molecule has 0 saturated heterocycles. The van der Waals surface area contributed by atoms with Crippen molar-refractivity contribution in [2.24, 2.45) is 46.3 Å². The fourth-order valence-electron chi connectivity index (χ4n) is 15.7. The summed E-state index contributed by atoms with van der Waals surface area (Å²) in [6, 6.07) is 42.6. The van der Waals surface area contributed by atoms with Crippen LogP contribution >= 0.6 is 17.0 Å². The number of fused-ring (bicyclic) bond motifs is 2. The van der Waals surface area contributed by atoms with Crippen LogP contribution in [0.25, 0.3) is 43.8 Å². The molecule has 7 heteroatoms. The first-order chi connectivity index (χ1) is 33.4. The third-order valence-electron chi connectivity index (χ3n) is 17.4. The van der Waals surface area contributed by atoms with Crippen molar-refractivity contribution in [1.82, 2.24) is 0 Å². The maximum absolute atomic E-state index is 11.2. The topological polar surface area (TPSA) is 0 Å². The van der Waals surface area contributed by atoms with Crippen molar-refractivity contribution in [3.05, 3.63) is 131 Å². The molecule has 8 aliphatic carbocycles. The molecule has 69 heavy (non-hydrogen) atoms. The third kappa shape index (κ3) is 12.7. The van der Waals surface area contributed by atoms with Gasteiger partial charge in [0.05, 0.1) is 0 Å². The first-order valence-corrected chi connectivity index (χ1v) is 34.6. The van der Waals surface area contributed by atoms with E-state index in [0.29, 0.717) is 20.3 Å². The van der Waals surface area contributed by atoms with E-state index in [4.69, 9.17) is 17.0 Å². The van der Waals surface area contributed by atoms with Gasteiger partial charge in [0.2, 0.25) is 0 Å². The fourth-order valence-corrected chi connectivity index (χ4v) is 16.3. The zero-order valence-corrected chi connectivity index (χ0v) is 46.4. The number of benzene rings is 4. The fraction of sp³-hybridized carbons (Fsp3) is 0.516. The predicted octanol–water partition coefficient (Wildman–Crippen LogP) is 19.4. The van der Waals surface area contributed by atoms with Crippen LogP contribution in [0, 0.1) is 46.3 Å². The molecule has 0 unspecified atom stereocenters. The van der Waals surface area contributed by atoms with Crippen LogP contribution in [-0.4, -0.2) is 15.7 Å². The van der Waals surface area contributed by atoms with E-state index < -0.39 is 33.4 Å². The molecular formula is C62H73Cl2F3SiZr. The number of alkyl halides is 3. The molecule has 14 rings (SSSR count). The second-order valence-corrected chi connectivity index (χ2v) is 27.9. The van der Waals surface area contributed by atoms with E-state index in [1.165, 1.54) is 132 Å². The van der Waals surface area contributed by atoms with Crippen LogP contribution in [0.5, 0.6) is 0 Å². The molecule has 8 aliphatic rings. The minimum absolute atomic E-state index is 0.281. The average molecular weight is 1070 g/mol. The molecule has 0 N–H and O–H groups in total. The standard InChI is InChI=1S/2C29H33.C4H7F3Si.2ClH.Zr/c2*1-2-4-20-7-9-25(10-8-20)27-6-3-5-26-14-24(15-28(26)27)19-29-16-21-11-22(17-29)13-23(12-21)18-29;1-8-3-2-4(5,6)7;;;/h2*3,5-10,14-15,21-23H,2,4,11-13,16-19H2,1H3;2-3H2,1H3;2*1H;/q2*-1;;;;+4/p-2. The van der Waals surface area contributed by atoms with Crippen molar-refractivity contribution in [1.29, 1.82) is 0 Å². The monoisotopic (exact) mass is 1060 g/mol. The van der Waals surface area contributed by atoms with Crippen LogP contribution in [0.1, 0.15) is 132 Å². The third-order valence-corrected chi connectivity index (χ3v) is 18.1. The Morgan fingerprint density at radius 3 is 1.20 bits per heavy atom. The molecule has 0 aromatic heterocycles. The Balaban J connectivity index is 0.000000142. The van der Waals surface area contributed by atoms with E-state index in [9.17, 15) is 13.2 Å². The van der Waals surface area contributed by atoms with Gasteiger partial charge in [0.1, 0.15) is 0 Å². The molecule has 8 bridgehead atoms. The quantitative estimate of drug-likeness (QED) is 0.0846. The molecule has 6 aromatic rings. The van der Waals surface area contributed by atoms with Gasteiger partial charge >= 0.3 is 44.1 Å². The Morgan fingerprint density at radius 2 is 0.913 bits per heavy atom. The molecule has 8 saturated carbocycles. The van der Waals surface area contributed by atoms with Crippen molar-refractivity contribution in [2.75, 3.05) is 0 Å². The Bertz CT molecular complexity index is 2340. The summed E-state index contributed by atoms with van der Waals surface area (Å²) in [7, 11) is 10.3. The number of hydrogen-bond acceptors (Lipinski definition) is 0. The van der Waals surface area contributed by atoms with Crippen LogP contribution in [-0.2, 0) is 46.5 Å². The van der Waals surface area contributed by atoms with Crippen molar-refractivity contribution in [2.45, 2.75) is 155 Å². The van der Waals surface area contributed by atoms with Gasteiger partial charge in [-0.25, -0.2) is 0 Å². The molecule has 0 heterocycles. The number of hydrogen-bond donors (Lipinski definition) is 0. The zero-order chi connectivity index (χ0) is 48.2. The van der Waals surface area contributed by atoms with Gasteiger partial charge in [0, 0.05) is 15.9 Å². The number of aryl methyl sites for hydroxylation is 2. The van der Waals surface area contributed by atoms with E-state index in [-0.39, 0.29) is 6.04 Å². The van der Waals surface area contributed by atoms with Crippen LogP contribution in [0.2, 0.25) is 12.6 Å². The summed E-state index contributed by atoms with van der Waals surface area (Å²) >= 11 is -0.826. The van der Waals surface area contributed by atoms with Crippen LogP contribution in [0.15, 0.2) is 109 Å². The summed E-state index contributed by atoms with van der Waals surface area (Å²) in [5.41, 5.74) is 12.9. The van der Waals surface area contributed by atoms with Gasteiger partial charge in [-0.1, -0.05) is 111 Å². The van der Waals surface area contributed by atoms with Gasteiger partial charge in [0.25, 0.3) is 0 Å². The second kappa shape index (κ2) is 22.8.